The fourth-order valence-corrected chi connectivity index (χ4v) is 3.37. The molecule has 1 heterocycles. The molecule has 0 saturated carbocycles. The first-order valence-corrected chi connectivity index (χ1v) is 7.44. The molecular weight excluding hydrogens is 372 g/mol. The molecule has 3 N–H and O–H groups in total. The van der Waals surface area contributed by atoms with Gasteiger partial charge in [0.05, 0.1) is 6.10 Å². The summed E-state index contributed by atoms with van der Waals surface area (Å²) >= 11 is 6.85. The third-order valence-electron chi connectivity index (χ3n) is 3.00. The lowest BCUT2D eigenvalue weighted by molar-refractivity contribution is 0.147. The van der Waals surface area contributed by atoms with E-state index in [2.05, 4.69) is 36.8 Å². The minimum atomic E-state index is -0.652. The van der Waals surface area contributed by atoms with Gasteiger partial charge in [-0.25, -0.2) is 0 Å². The van der Waals surface area contributed by atoms with Crippen LogP contribution in [0, 0.1) is 0 Å². The van der Waals surface area contributed by atoms with Crippen molar-refractivity contribution < 1.29 is 5.11 Å². The summed E-state index contributed by atoms with van der Waals surface area (Å²) in [5.74, 6) is -0.149. The monoisotopic (exact) mass is 384 g/mol. The molecule has 0 fully saturated rings. The van der Waals surface area contributed by atoms with E-state index in [1.54, 1.807) is 12.4 Å². The van der Waals surface area contributed by atoms with Crippen molar-refractivity contribution in [3.05, 3.63) is 62.8 Å². The van der Waals surface area contributed by atoms with Gasteiger partial charge in [0.1, 0.15) is 0 Å². The van der Waals surface area contributed by atoms with Crippen LogP contribution >= 0.6 is 31.9 Å². The zero-order valence-electron chi connectivity index (χ0n) is 10.1. The lowest BCUT2D eigenvalue weighted by atomic mass is 9.90. The van der Waals surface area contributed by atoms with Gasteiger partial charge in [-0.05, 0) is 41.5 Å². The van der Waals surface area contributed by atoms with E-state index in [1.165, 1.54) is 0 Å². The number of benzene rings is 1. The molecule has 0 aliphatic heterocycles. The van der Waals surface area contributed by atoms with Gasteiger partial charge < -0.3 is 10.8 Å². The average Bonchev–Trinajstić information content (AvgIpc) is 2.39. The second-order valence-corrected chi connectivity index (χ2v) is 6.10. The van der Waals surface area contributed by atoms with Gasteiger partial charge in [-0.1, -0.05) is 31.9 Å². The Hall–Kier alpha value is -0.750. The Morgan fingerprint density at radius 1 is 1.05 bits per heavy atom. The number of aliphatic hydroxyl groups excluding tert-OH is 1. The van der Waals surface area contributed by atoms with Gasteiger partial charge in [0.15, 0.2) is 0 Å². The van der Waals surface area contributed by atoms with Crippen LogP contribution in [0.25, 0.3) is 0 Å². The Morgan fingerprint density at radius 2 is 1.63 bits per heavy atom. The molecule has 0 bridgehead atoms. The Kier molecular flexibility index (Phi) is 5.10. The molecule has 100 valence electrons. The highest BCUT2D eigenvalue weighted by atomic mass is 79.9. The molecule has 2 unspecified atom stereocenters. The highest BCUT2D eigenvalue weighted by Gasteiger charge is 2.22. The number of pyridine rings is 1. The van der Waals surface area contributed by atoms with Crippen molar-refractivity contribution in [1.29, 1.82) is 0 Å². The van der Waals surface area contributed by atoms with E-state index in [9.17, 15) is 5.11 Å². The van der Waals surface area contributed by atoms with Crippen LogP contribution in [0.1, 0.15) is 23.1 Å². The van der Waals surface area contributed by atoms with Crippen LogP contribution in [0.4, 0.5) is 0 Å². The molecular formula is C14H14Br2N2O. The largest absolute Gasteiger partial charge is 0.388 e. The first-order valence-electron chi connectivity index (χ1n) is 5.86. The lowest BCUT2D eigenvalue weighted by Gasteiger charge is -2.22. The number of hydrogen-bond acceptors (Lipinski definition) is 3. The average molecular weight is 386 g/mol. The van der Waals surface area contributed by atoms with Crippen LogP contribution in [-0.4, -0.2) is 16.6 Å². The first-order chi connectivity index (χ1) is 9.11. The molecule has 2 aromatic rings. The zero-order chi connectivity index (χ0) is 13.8. The molecule has 0 spiro atoms. The van der Waals surface area contributed by atoms with Crippen LogP contribution in [0.2, 0.25) is 0 Å². The van der Waals surface area contributed by atoms with Gasteiger partial charge in [-0.2, -0.15) is 0 Å². The van der Waals surface area contributed by atoms with E-state index in [4.69, 9.17) is 5.73 Å². The third kappa shape index (κ3) is 3.63. The Labute approximate surface area is 129 Å². The number of hydrogen-bond donors (Lipinski definition) is 2. The van der Waals surface area contributed by atoms with Crippen LogP contribution in [-0.2, 0) is 0 Å². The van der Waals surface area contributed by atoms with Crippen molar-refractivity contribution in [1.82, 2.24) is 4.98 Å². The Morgan fingerprint density at radius 3 is 2.16 bits per heavy atom. The van der Waals surface area contributed by atoms with Crippen LogP contribution in [0.5, 0.6) is 0 Å². The van der Waals surface area contributed by atoms with Crippen molar-refractivity contribution in [3.63, 3.8) is 0 Å². The van der Waals surface area contributed by atoms with E-state index in [-0.39, 0.29) is 5.92 Å². The van der Waals surface area contributed by atoms with Crippen LogP contribution in [0.3, 0.4) is 0 Å². The molecule has 1 aromatic heterocycles. The topological polar surface area (TPSA) is 59.1 Å². The zero-order valence-corrected chi connectivity index (χ0v) is 13.3. The van der Waals surface area contributed by atoms with Crippen molar-refractivity contribution in [3.8, 4) is 0 Å². The van der Waals surface area contributed by atoms with Gasteiger partial charge in [0, 0.05) is 33.8 Å². The number of rotatable bonds is 4. The Bertz CT molecular complexity index is 528. The summed E-state index contributed by atoms with van der Waals surface area (Å²) in [5, 5.41) is 10.5. The second kappa shape index (κ2) is 6.61. The molecule has 0 aliphatic carbocycles. The summed E-state index contributed by atoms with van der Waals surface area (Å²) in [6, 6.07) is 9.50. The van der Waals surface area contributed by atoms with Gasteiger partial charge in [0.25, 0.3) is 0 Å². The van der Waals surface area contributed by atoms with Gasteiger partial charge in [-0.15, -0.1) is 0 Å². The molecule has 5 heteroatoms. The number of aliphatic hydroxyl groups is 1. The molecule has 0 saturated heterocycles. The highest BCUT2D eigenvalue weighted by Crippen LogP contribution is 2.32. The first kappa shape index (κ1) is 14.7. The normalized spacial score (nSPS) is 14.1. The predicted octanol–water partition coefficient (Wildman–Crippen LogP) is 3.38. The second-order valence-electron chi connectivity index (χ2n) is 4.27. The Balaban J connectivity index is 2.33. The SMILES string of the molecule is NCC(c1ccncc1)C(O)c1cc(Br)cc(Br)c1. The highest BCUT2D eigenvalue weighted by molar-refractivity contribution is 9.11. The summed E-state index contributed by atoms with van der Waals surface area (Å²) in [6.45, 7) is 0.370. The minimum Gasteiger partial charge on any atom is -0.388 e. The number of halogens is 2. The van der Waals surface area contributed by atoms with Crippen molar-refractivity contribution >= 4 is 31.9 Å². The standard InChI is InChI=1S/C14H14Br2N2O/c15-11-5-10(6-12(16)7-11)14(19)13(8-17)9-1-3-18-4-2-9/h1-7,13-14,19H,8,17H2. The molecule has 1 aromatic carbocycles. The molecule has 3 nitrogen and oxygen atoms in total. The summed E-state index contributed by atoms with van der Waals surface area (Å²) in [5.41, 5.74) is 7.63. The van der Waals surface area contributed by atoms with Gasteiger partial charge in [-0.3, -0.25) is 4.98 Å². The summed E-state index contributed by atoms with van der Waals surface area (Å²) in [4.78, 5) is 3.98. The molecule has 2 atom stereocenters. The molecule has 0 aliphatic rings. The van der Waals surface area contributed by atoms with E-state index >= 15 is 0 Å². The fourth-order valence-electron chi connectivity index (χ4n) is 2.04. The minimum absolute atomic E-state index is 0.149. The number of nitrogens with zero attached hydrogens (tertiary/aromatic N) is 1. The van der Waals surface area contributed by atoms with Crippen LogP contribution < -0.4 is 5.73 Å². The van der Waals surface area contributed by atoms with E-state index in [1.807, 2.05) is 30.3 Å². The smallest absolute Gasteiger partial charge is 0.0871 e. The summed E-state index contributed by atoms with van der Waals surface area (Å²) in [6.07, 6.45) is 2.77. The third-order valence-corrected chi connectivity index (χ3v) is 3.91. The maximum atomic E-state index is 10.5. The van der Waals surface area contributed by atoms with Gasteiger partial charge >= 0.3 is 0 Å². The van der Waals surface area contributed by atoms with Crippen molar-refractivity contribution in [2.24, 2.45) is 5.73 Å². The lowest BCUT2D eigenvalue weighted by Crippen LogP contribution is -2.20. The van der Waals surface area contributed by atoms with E-state index in [0.717, 1.165) is 20.1 Å². The predicted molar refractivity (Wildman–Crippen MR) is 82.8 cm³/mol. The molecule has 19 heavy (non-hydrogen) atoms. The molecule has 0 radical (unpaired) electrons. The van der Waals surface area contributed by atoms with Crippen LogP contribution in [0.15, 0.2) is 51.7 Å². The van der Waals surface area contributed by atoms with Gasteiger partial charge in [0.2, 0.25) is 0 Å². The maximum Gasteiger partial charge on any atom is 0.0871 e. The molecule has 2 rings (SSSR count). The fraction of sp³-hybridized carbons (Fsp3) is 0.214. The summed E-state index contributed by atoms with van der Waals surface area (Å²) < 4.78 is 1.84. The number of nitrogens with two attached hydrogens (primary N) is 1. The van der Waals surface area contributed by atoms with E-state index < -0.39 is 6.10 Å². The maximum absolute atomic E-state index is 10.5. The molecule has 0 amide bonds. The number of aromatic nitrogens is 1. The summed E-state index contributed by atoms with van der Waals surface area (Å²) in [7, 11) is 0. The van der Waals surface area contributed by atoms with Crippen molar-refractivity contribution in [2.75, 3.05) is 6.54 Å². The quantitative estimate of drug-likeness (QED) is 0.847. The van der Waals surface area contributed by atoms with E-state index in [0.29, 0.717) is 6.54 Å². The van der Waals surface area contributed by atoms with Crippen molar-refractivity contribution in [2.45, 2.75) is 12.0 Å².